The molecule has 0 N–H and O–H groups in total. The predicted octanol–water partition coefficient (Wildman–Crippen LogP) is 8.60. The van der Waals surface area contributed by atoms with Crippen LogP contribution in [0.25, 0.3) is 27.5 Å². The van der Waals surface area contributed by atoms with E-state index in [1.54, 1.807) is 48.5 Å². The molecule has 0 bridgehead atoms. The molecule has 0 fully saturated rings. The Bertz CT molecular complexity index is 2070. The Morgan fingerprint density at radius 3 is 1.43 bits per heavy atom. The van der Waals surface area contributed by atoms with Crippen molar-refractivity contribution in [2.45, 2.75) is 66.2 Å². The van der Waals surface area contributed by atoms with E-state index in [0.29, 0.717) is 58.7 Å². The van der Waals surface area contributed by atoms with Crippen LogP contribution in [-0.4, -0.2) is 45.3 Å². The topological polar surface area (TPSA) is 133 Å². The lowest BCUT2D eigenvalue weighted by Crippen LogP contribution is -2.16. The van der Waals surface area contributed by atoms with Crippen LogP contribution in [0.5, 0.6) is 0 Å². The lowest BCUT2D eigenvalue weighted by molar-refractivity contribution is -0.141. The molecule has 0 atom stereocenters. The maximum Gasteiger partial charge on any atom is 0.331 e. The van der Waals surface area contributed by atoms with Crippen LogP contribution in [0.4, 0.5) is 0 Å². The maximum absolute atomic E-state index is 13.8. The van der Waals surface area contributed by atoms with Crippen LogP contribution in [-0.2, 0) is 19.3 Å². The molecule has 10 nitrogen and oxygen atoms in total. The Balaban J connectivity index is 1.66. The minimum absolute atomic E-state index is 0.0979. The number of fused-ring (bicyclic) bond motifs is 3. The number of benzene rings is 4. The van der Waals surface area contributed by atoms with Gasteiger partial charge in [0, 0.05) is 52.6 Å². The number of hydrogen-bond donors (Lipinski definition) is 0. The number of carbonyl (C=O) groups is 5. The predicted molar refractivity (Wildman–Crippen MR) is 197 cm³/mol. The van der Waals surface area contributed by atoms with Gasteiger partial charge in [-0.1, -0.05) is 67.3 Å². The molecule has 0 aliphatic carbocycles. The summed E-state index contributed by atoms with van der Waals surface area (Å²) >= 11 is 0. The van der Waals surface area contributed by atoms with Crippen LogP contribution in [0.15, 0.2) is 101 Å². The van der Waals surface area contributed by atoms with E-state index in [1.807, 2.05) is 60.9 Å². The lowest BCUT2D eigenvalue weighted by atomic mass is 9.98. The lowest BCUT2D eigenvalue weighted by Gasteiger charge is -2.10. The fourth-order valence-electron chi connectivity index (χ4n) is 5.76. The first-order valence-corrected chi connectivity index (χ1v) is 17.0. The van der Waals surface area contributed by atoms with Gasteiger partial charge in [-0.25, -0.2) is 9.59 Å². The van der Waals surface area contributed by atoms with Crippen molar-refractivity contribution in [1.29, 1.82) is 0 Å². The fourth-order valence-corrected chi connectivity index (χ4v) is 5.76. The van der Waals surface area contributed by atoms with Crippen LogP contribution in [0.3, 0.4) is 0 Å². The second kappa shape index (κ2) is 16.6. The Morgan fingerprint density at radius 1 is 0.569 bits per heavy atom. The second-order valence-corrected chi connectivity index (χ2v) is 12.1. The molecule has 0 radical (unpaired) electrons. The molecular formula is C41H39N3O7. The van der Waals surface area contributed by atoms with Gasteiger partial charge < -0.3 is 14.2 Å². The zero-order chi connectivity index (χ0) is 36.5. The first-order chi connectivity index (χ1) is 24.6. The zero-order valence-electron chi connectivity index (χ0n) is 29.1. The van der Waals surface area contributed by atoms with E-state index in [2.05, 4.69) is 10.3 Å². The Labute approximate surface area is 295 Å². The number of nitrogens with zero attached hydrogens (tertiary/aromatic N) is 3. The van der Waals surface area contributed by atoms with Crippen molar-refractivity contribution in [3.63, 3.8) is 0 Å². The van der Waals surface area contributed by atoms with Gasteiger partial charge in [0.15, 0.2) is 5.78 Å². The van der Waals surface area contributed by atoms with E-state index >= 15 is 0 Å². The molecule has 0 aliphatic heterocycles. The molecule has 5 rings (SSSR count). The standard InChI is InChI=1S/C41H39N3O7/c1-5-7-14-35(42-50-26(3)45)40(48)30-18-22-37-33(24-30)34-25-31(41(49)36(15-8-6-2)43-51-27(4)46)19-23-38(34)44(37)32-20-16-29(17-21-32)39(47)28-12-10-9-11-13-28/h9-13,16-25H,5-8,14-15H2,1-4H3. The summed E-state index contributed by atoms with van der Waals surface area (Å²) in [6.45, 7) is 6.42. The molecule has 0 saturated carbocycles. The zero-order valence-corrected chi connectivity index (χ0v) is 29.1. The van der Waals surface area contributed by atoms with Gasteiger partial charge in [-0.05, 0) is 86.3 Å². The summed E-state index contributed by atoms with van der Waals surface area (Å²) in [6, 6.07) is 26.9. The van der Waals surface area contributed by atoms with Gasteiger partial charge in [0.05, 0.1) is 11.0 Å². The molecule has 0 amide bonds. The average molecular weight is 686 g/mol. The van der Waals surface area contributed by atoms with Gasteiger partial charge in [0.25, 0.3) is 0 Å². The van der Waals surface area contributed by atoms with Crippen molar-refractivity contribution in [3.05, 3.63) is 113 Å². The molecular weight excluding hydrogens is 646 g/mol. The van der Waals surface area contributed by atoms with E-state index in [1.165, 1.54) is 13.8 Å². The summed E-state index contributed by atoms with van der Waals surface area (Å²) in [6.07, 6.45) is 3.64. The monoisotopic (exact) mass is 685 g/mol. The van der Waals surface area contributed by atoms with Crippen LogP contribution in [0.2, 0.25) is 0 Å². The Hall–Kier alpha value is -6.03. The number of hydrogen-bond acceptors (Lipinski definition) is 9. The van der Waals surface area contributed by atoms with E-state index in [-0.39, 0.29) is 28.8 Å². The smallest absolute Gasteiger partial charge is 0.318 e. The second-order valence-electron chi connectivity index (χ2n) is 12.1. The SMILES string of the molecule is CCCCC(=NOC(C)=O)C(=O)c1ccc2c(c1)c1cc(C(=O)C(CCCC)=NOC(C)=O)ccc1n2-c1ccc(C(=O)c2ccccc2)cc1. The van der Waals surface area contributed by atoms with Crippen molar-refractivity contribution < 1.29 is 33.6 Å². The third-order valence-electron chi connectivity index (χ3n) is 8.34. The van der Waals surface area contributed by atoms with Crippen molar-refractivity contribution in [2.24, 2.45) is 10.3 Å². The summed E-state index contributed by atoms with van der Waals surface area (Å²) < 4.78 is 2.00. The Morgan fingerprint density at radius 2 is 1.00 bits per heavy atom. The highest BCUT2D eigenvalue weighted by atomic mass is 16.7. The summed E-state index contributed by atoms with van der Waals surface area (Å²) in [5, 5.41) is 9.13. The van der Waals surface area contributed by atoms with Crippen LogP contribution in [0.1, 0.15) is 103 Å². The van der Waals surface area contributed by atoms with Crippen LogP contribution < -0.4 is 0 Å². The van der Waals surface area contributed by atoms with E-state index in [9.17, 15) is 24.0 Å². The molecule has 0 aliphatic rings. The van der Waals surface area contributed by atoms with E-state index < -0.39 is 11.9 Å². The van der Waals surface area contributed by atoms with Crippen LogP contribution in [0, 0.1) is 0 Å². The highest BCUT2D eigenvalue weighted by Gasteiger charge is 2.22. The van der Waals surface area contributed by atoms with Gasteiger partial charge in [-0.3, -0.25) is 14.4 Å². The highest BCUT2D eigenvalue weighted by Crippen LogP contribution is 2.34. The van der Waals surface area contributed by atoms with Crippen molar-refractivity contribution in [1.82, 2.24) is 4.57 Å². The molecule has 1 aromatic heterocycles. The molecule has 0 saturated heterocycles. The van der Waals surface area contributed by atoms with Gasteiger partial charge in [-0.15, -0.1) is 0 Å². The number of unbranched alkanes of at least 4 members (excludes halogenated alkanes) is 2. The van der Waals surface area contributed by atoms with Gasteiger partial charge in [0.2, 0.25) is 11.6 Å². The van der Waals surface area contributed by atoms with E-state index in [4.69, 9.17) is 9.68 Å². The van der Waals surface area contributed by atoms with Gasteiger partial charge in [-0.2, -0.15) is 0 Å². The fraction of sp³-hybridized carbons (Fsp3) is 0.244. The molecule has 4 aromatic carbocycles. The number of rotatable bonds is 15. The summed E-state index contributed by atoms with van der Waals surface area (Å²) in [5.41, 5.74) is 4.32. The van der Waals surface area contributed by atoms with Crippen molar-refractivity contribution >= 4 is 62.5 Å². The number of Topliss-reactive ketones (excluding diaryl/α,β-unsaturated/α-hetero) is 2. The van der Waals surface area contributed by atoms with Crippen molar-refractivity contribution in [3.8, 4) is 5.69 Å². The summed E-state index contributed by atoms with van der Waals surface area (Å²) in [7, 11) is 0. The maximum atomic E-state index is 13.8. The van der Waals surface area contributed by atoms with Gasteiger partial charge in [0.1, 0.15) is 11.4 Å². The minimum atomic E-state index is -0.625. The first-order valence-electron chi connectivity index (χ1n) is 17.0. The average Bonchev–Trinajstić information content (AvgIpc) is 3.47. The molecule has 0 spiro atoms. The van der Waals surface area contributed by atoms with E-state index in [0.717, 1.165) is 29.6 Å². The molecule has 260 valence electrons. The third-order valence-corrected chi connectivity index (χ3v) is 8.34. The number of oxime groups is 2. The molecule has 1 heterocycles. The molecule has 10 heteroatoms. The number of carbonyl (C=O) groups excluding carboxylic acids is 5. The van der Waals surface area contributed by atoms with Crippen LogP contribution >= 0.6 is 0 Å². The number of ketones is 3. The summed E-state index contributed by atoms with van der Waals surface area (Å²) in [4.78, 5) is 73.4. The largest absolute Gasteiger partial charge is 0.331 e. The first kappa shape index (κ1) is 36.3. The molecule has 5 aromatic rings. The number of aromatic nitrogens is 1. The third kappa shape index (κ3) is 8.41. The molecule has 0 unspecified atom stereocenters. The summed E-state index contributed by atoms with van der Waals surface area (Å²) in [5.74, 6) is -2.10. The van der Waals surface area contributed by atoms with Gasteiger partial charge >= 0.3 is 11.9 Å². The van der Waals surface area contributed by atoms with Crippen molar-refractivity contribution in [2.75, 3.05) is 0 Å². The Kier molecular flexibility index (Phi) is 11.8. The molecule has 51 heavy (non-hydrogen) atoms. The normalized spacial score (nSPS) is 11.8. The minimum Gasteiger partial charge on any atom is -0.318 e. The quantitative estimate of drug-likeness (QED) is 0.0466. The highest BCUT2D eigenvalue weighted by molar-refractivity contribution is 6.47.